The van der Waals surface area contributed by atoms with Gasteiger partial charge < -0.3 is 20.1 Å². The Morgan fingerprint density at radius 2 is 1.50 bits per heavy atom. The van der Waals surface area contributed by atoms with Crippen LogP contribution in [0.15, 0.2) is 42.5 Å². The Bertz CT molecular complexity index is 845. The second kappa shape index (κ2) is 7.07. The van der Waals surface area contributed by atoms with E-state index < -0.39 is 11.3 Å². The molecule has 6 heteroatoms. The second-order valence-corrected chi connectivity index (χ2v) is 6.76. The molecule has 2 aromatic carbocycles. The first kappa shape index (κ1) is 17.8. The van der Waals surface area contributed by atoms with Crippen molar-refractivity contribution in [2.75, 3.05) is 23.8 Å². The molecule has 0 saturated heterocycles. The van der Waals surface area contributed by atoms with Gasteiger partial charge in [0.15, 0.2) is 11.5 Å². The van der Waals surface area contributed by atoms with Crippen molar-refractivity contribution < 1.29 is 19.1 Å². The number of hydrogen-bond donors (Lipinski definition) is 2. The first-order chi connectivity index (χ1) is 12.4. The van der Waals surface area contributed by atoms with Crippen molar-refractivity contribution in [2.24, 2.45) is 5.41 Å². The molecule has 0 unspecified atom stereocenters. The summed E-state index contributed by atoms with van der Waals surface area (Å²) < 4.78 is 11.0. The number of rotatable bonds is 4. The fraction of sp³-hybridized carbons (Fsp3) is 0.300. The zero-order valence-electron chi connectivity index (χ0n) is 15.1. The van der Waals surface area contributed by atoms with Crippen LogP contribution in [0.25, 0.3) is 0 Å². The van der Waals surface area contributed by atoms with Crippen LogP contribution in [0.1, 0.15) is 19.4 Å². The number of benzene rings is 2. The van der Waals surface area contributed by atoms with Gasteiger partial charge in [0.25, 0.3) is 0 Å². The van der Waals surface area contributed by atoms with Gasteiger partial charge >= 0.3 is 0 Å². The SMILES string of the molecule is Cc1cccc(NC(=O)C(C)(C)C(=O)Nc2ccc3c(c2)OCCO3)c1. The van der Waals surface area contributed by atoms with Crippen molar-refractivity contribution >= 4 is 23.2 Å². The van der Waals surface area contributed by atoms with Gasteiger partial charge in [-0.15, -0.1) is 0 Å². The van der Waals surface area contributed by atoms with E-state index in [1.165, 1.54) is 0 Å². The number of hydrogen-bond acceptors (Lipinski definition) is 4. The van der Waals surface area contributed by atoms with Crippen LogP contribution in [0, 0.1) is 12.3 Å². The molecular weight excluding hydrogens is 332 g/mol. The minimum atomic E-state index is -1.25. The summed E-state index contributed by atoms with van der Waals surface area (Å²) >= 11 is 0. The molecule has 0 aliphatic carbocycles. The summed E-state index contributed by atoms with van der Waals surface area (Å²) in [6.07, 6.45) is 0. The van der Waals surface area contributed by atoms with E-state index >= 15 is 0 Å². The number of aryl methyl sites for hydroxylation is 1. The summed E-state index contributed by atoms with van der Waals surface area (Å²) in [6, 6.07) is 12.6. The molecule has 0 radical (unpaired) electrons. The molecule has 1 heterocycles. The molecule has 0 spiro atoms. The van der Waals surface area contributed by atoms with Crippen LogP contribution in [-0.4, -0.2) is 25.0 Å². The molecule has 1 aliphatic rings. The lowest BCUT2D eigenvalue weighted by Gasteiger charge is -2.24. The molecule has 0 saturated carbocycles. The van der Waals surface area contributed by atoms with Crippen LogP contribution in [0.3, 0.4) is 0 Å². The van der Waals surface area contributed by atoms with Gasteiger partial charge in [0.1, 0.15) is 18.6 Å². The number of ether oxygens (including phenoxy) is 2. The summed E-state index contributed by atoms with van der Waals surface area (Å²) in [4.78, 5) is 25.3. The van der Waals surface area contributed by atoms with Gasteiger partial charge in [-0.05, 0) is 50.6 Å². The predicted octanol–water partition coefficient (Wildman–Crippen LogP) is 3.37. The molecule has 0 atom stereocenters. The van der Waals surface area contributed by atoms with Crippen LogP contribution in [0.4, 0.5) is 11.4 Å². The summed E-state index contributed by atoms with van der Waals surface area (Å²) in [6.45, 7) is 6.09. The summed E-state index contributed by atoms with van der Waals surface area (Å²) in [7, 11) is 0. The van der Waals surface area contributed by atoms with E-state index in [1.807, 2.05) is 25.1 Å². The molecule has 0 fully saturated rings. The van der Waals surface area contributed by atoms with Gasteiger partial charge in [-0.3, -0.25) is 9.59 Å². The van der Waals surface area contributed by atoms with E-state index in [-0.39, 0.29) is 5.91 Å². The number of fused-ring (bicyclic) bond motifs is 1. The smallest absolute Gasteiger partial charge is 0.239 e. The zero-order valence-corrected chi connectivity index (χ0v) is 15.1. The minimum absolute atomic E-state index is 0.377. The maximum Gasteiger partial charge on any atom is 0.239 e. The van der Waals surface area contributed by atoms with Gasteiger partial charge in [-0.25, -0.2) is 0 Å². The predicted molar refractivity (Wildman–Crippen MR) is 99.7 cm³/mol. The highest BCUT2D eigenvalue weighted by Crippen LogP contribution is 2.33. The number of nitrogens with one attached hydrogen (secondary N) is 2. The highest BCUT2D eigenvalue weighted by molar-refractivity contribution is 6.14. The minimum Gasteiger partial charge on any atom is -0.486 e. The van der Waals surface area contributed by atoms with Crippen molar-refractivity contribution in [3.63, 3.8) is 0 Å². The molecule has 2 aromatic rings. The van der Waals surface area contributed by atoms with E-state index in [9.17, 15) is 9.59 Å². The van der Waals surface area contributed by atoms with E-state index in [4.69, 9.17) is 9.47 Å². The Balaban J connectivity index is 1.70. The summed E-state index contributed by atoms with van der Waals surface area (Å²) in [5.41, 5.74) is 0.990. The molecule has 6 nitrogen and oxygen atoms in total. The van der Waals surface area contributed by atoms with E-state index in [0.29, 0.717) is 36.1 Å². The van der Waals surface area contributed by atoms with Crippen molar-refractivity contribution in [3.8, 4) is 11.5 Å². The molecule has 136 valence electrons. The highest BCUT2D eigenvalue weighted by atomic mass is 16.6. The number of amides is 2. The number of anilines is 2. The normalized spacial score (nSPS) is 13.0. The van der Waals surface area contributed by atoms with Gasteiger partial charge in [-0.1, -0.05) is 12.1 Å². The zero-order chi connectivity index (χ0) is 18.7. The van der Waals surface area contributed by atoms with Gasteiger partial charge in [0.2, 0.25) is 11.8 Å². The lowest BCUT2D eigenvalue weighted by Crippen LogP contribution is -2.41. The first-order valence-corrected chi connectivity index (χ1v) is 8.45. The van der Waals surface area contributed by atoms with Gasteiger partial charge in [0, 0.05) is 17.4 Å². The lowest BCUT2D eigenvalue weighted by atomic mass is 9.90. The maximum absolute atomic E-state index is 12.7. The molecule has 0 aromatic heterocycles. The van der Waals surface area contributed by atoms with E-state index in [2.05, 4.69) is 10.6 Å². The van der Waals surface area contributed by atoms with E-state index in [0.717, 1.165) is 5.56 Å². The molecule has 26 heavy (non-hydrogen) atoms. The van der Waals surface area contributed by atoms with Crippen molar-refractivity contribution in [3.05, 3.63) is 48.0 Å². The Kier molecular flexibility index (Phi) is 4.84. The number of carbonyl (C=O) groups is 2. The van der Waals surface area contributed by atoms with Crippen molar-refractivity contribution in [1.82, 2.24) is 0 Å². The molecule has 2 amide bonds. The van der Waals surface area contributed by atoms with Crippen LogP contribution in [-0.2, 0) is 9.59 Å². The monoisotopic (exact) mass is 354 g/mol. The van der Waals surface area contributed by atoms with Gasteiger partial charge in [0.05, 0.1) is 0 Å². The van der Waals surface area contributed by atoms with Crippen molar-refractivity contribution in [2.45, 2.75) is 20.8 Å². The Hall–Kier alpha value is -3.02. The fourth-order valence-electron chi connectivity index (χ4n) is 2.52. The third-order valence-electron chi connectivity index (χ3n) is 4.21. The van der Waals surface area contributed by atoms with Crippen molar-refractivity contribution in [1.29, 1.82) is 0 Å². The average molecular weight is 354 g/mol. The molecular formula is C20H22N2O4. The number of carbonyl (C=O) groups excluding carboxylic acids is 2. The standard InChI is InChI=1S/C20H22N2O4/c1-13-5-4-6-14(11-13)21-18(23)20(2,3)19(24)22-15-7-8-16-17(12-15)26-10-9-25-16/h4-8,11-12H,9-10H2,1-3H3,(H,21,23)(H,22,24). The molecule has 3 rings (SSSR count). The van der Waals surface area contributed by atoms with Gasteiger partial charge in [-0.2, -0.15) is 0 Å². The molecule has 0 bridgehead atoms. The molecule has 1 aliphatic heterocycles. The lowest BCUT2D eigenvalue weighted by molar-refractivity contribution is -0.135. The maximum atomic E-state index is 12.7. The van der Waals surface area contributed by atoms with Crippen LogP contribution < -0.4 is 20.1 Å². The first-order valence-electron chi connectivity index (χ1n) is 8.45. The summed E-state index contributed by atoms with van der Waals surface area (Å²) in [5.74, 6) is 0.444. The molecule has 2 N–H and O–H groups in total. The quantitative estimate of drug-likeness (QED) is 0.826. The third-order valence-corrected chi connectivity index (χ3v) is 4.21. The highest BCUT2D eigenvalue weighted by Gasteiger charge is 2.36. The van der Waals surface area contributed by atoms with Crippen LogP contribution >= 0.6 is 0 Å². The fourth-order valence-corrected chi connectivity index (χ4v) is 2.52. The Labute approximate surface area is 152 Å². The van der Waals surface area contributed by atoms with E-state index in [1.54, 1.807) is 38.1 Å². The van der Waals surface area contributed by atoms with Crippen LogP contribution in [0.2, 0.25) is 0 Å². The Morgan fingerprint density at radius 1 is 0.885 bits per heavy atom. The Morgan fingerprint density at radius 3 is 2.15 bits per heavy atom. The third kappa shape index (κ3) is 3.79. The largest absolute Gasteiger partial charge is 0.486 e. The average Bonchev–Trinajstić information content (AvgIpc) is 2.61. The summed E-state index contributed by atoms with van der Waals surface area (Å²) in [5, 5.41) is 5.57. The topological polar surface area (TPSA) is 76.7 Å². The second-order valence-electron chi connectivity index (χ2n) is 6.76. The van der Waals surface area contributed by atoms with Crippen LogP contribution in [0.5, 0.6) is 11.5 Å².